The first-order valence-corrected chi connectivity index (χ1v) is 8.13. The fourth-order valence-electron chi connectivity index (χ4n) is 1.77. The number of nitrogens with one attached hydrogen (secondary N) is 1. The van der Waals surface area contributed by atoms with Crippen molar-refractivity contribution in [3.8, 4) is 0 Å². The maximum atomic E-state index is 12.4. The molecule has 1 aromatic carbocycles. The minimum atomic E-state index is -3.44. The molecule has 0 unspecified atom stereocenters. The Morgan fingerprint density at radius 3 is 2.60 bits per heavy atom. The van der Waals surface area contributed by atoms with Crippen molar-refractivity contribution in [2.75, 3.05) is 13.6 Å². The topological polar surface area (TPSA) is 49.4 Å². The number of sulfonamides is 1. The van der Waals surface area contributed by atoms with Crippen LogP contribution in [-0.2, 0) is 16.6 Å². The predicted molar refractivity (Wildman–Crippen MR) is 83.2 cm³/mol. The first-order chi connectivity index (χ1) is 9.28. The molecule has 0 saturated heterocycles. The van der Waals surface area contributed by atoms with Gasteiger partial charge in [-0.15, -0.1) is 6.58 Å². The molecule has 1 N–H and O–H groups in total. The lowest BCUT2D eigenvalue weighted by Gasteiger charge is -2.17. The molecule has 0 amide bonds. The lowest BCUT2D eigenvalue weighted by Crippen LogP contribution is -2.27. The molecule has 0 fully saturated rings. The molecule has 0 radical (unpaired) electrons. The second kappa shape index (κ2) is 7.02. The standard InChI is InChI=1S/C15H24N2O2S/c1-6-9-17(5)20(18,19)15-8-7-13(4)14(10-15)11-16-12(2)3/h6-8,10,12,16H,1,9,11H2,2-5H3. The van der Waals surface area contributed by atoms with E-state index in [9.17, 15) is 8.42 Å². The summed E-state index contributed by atoms with van der Waals surface area (Å²) in [6.45, 7) is 10.7. The molecular weight excluding hydrogens is 272 g/mol. The third-order valence-corrected chi connectivity index (χ3v) is 4.94. The summed E-state index contributed by atoms with van der Waals surface area (Å²) in [5.74, 6) is 0. The quantitative estimate of drug-likeness (QED) is 0.786. The number of hydrogen-bond donors (Lipinski definition) is 1. The summed E-state index contributed by atoms with van der Waals surface area (Å²) in [5, 5.41) is 3.31. The van der Waals surface area contributed by atoms with E-state index in [-0.39, 0.29) is 0 Å². The van der Waals surface area contributed by atoms with Crippen LogP contribution >= 0.6 is 0 Å². The van der Waals surface area contributed by atoms with Crippen molar-refractivity contribution in [2.24, 2.45) is 0 Å². The van der Waals surface area contributed by atoms with Crippen molar-refractivity contribution >= 4 is 10.0 Å². The predicted octanol–water partition coefficient (Wildman–Crippen LogP) is 2.30. The largest absolute Gasteiger partial charge is 0.310 e. The van der Waals surface area contributed by atoms with Crippen molar-refractivity contribution in [2.45, 2.75) is 38.3 Å². The number of benzene rings is 1. The zero-order valence-corrected chi connectivity index (χ0v) is 13.5. The van der Waals surface area contributed by atoms with Gasteiger partial charge >= 0.3 is 0 Å². The van der Waals surface area contributed by atoms with Gasteiger partial charge in [0.1, 0.15) is 0 Å². The maximum absolute atomic E-state index is 12.4. The van der Waals surface area contributed by atoms with Crippen LogP contribution in [0.5, 0.6) is 0 Å². The molecular formula is C15H24N2O2S. The number of hydrogen-bond acceptors (Lipinski definition) is 3. The summed E-state index contributed by atoms with van der Waals surface area (Å²) in [5.41, 5.74) is 2.09. The number of rotatable bonds is 7. The van der Waals surface area contributed by atoms with Crippen LogP contribution in [0.4, 0.5) is 0 Å². The lowest BCUT2D eigenvalue weighted by atomic mass is 10.1. The molecule has 0 bridgehead atoms. The first-order valence-electron chi connectivity index (χ1n) is 6.69. The first kappa shape index (κ1) is 16.9. The Kier molecular flexibility index (Phi) is 5.92. The Balaban J connectivity index is 3.08. The molecule has 0 heterocycles. The van der Waals surface area contributed by atoms with Gasteiger partial charge in [-0.2, -0.15) is 4.31 Å². The fraction of sp³-hybridized carbons (Fsp3) is 0.467. The Morgan fingerprint density at radius 1 is 1.40 bits per heavy atom. The molecule has 0 spiro atoms. The molecule has 0 atom stereocenters. The summed E-state index contributed by atoms with van der Waals surface area (Å²) < 4.78 is 26.1. The van der Waals surface area contributed by atoms with E-state index in [2.05, 4.69) is 25.7 Å². The van der Waals surface area contributed by atoms with Gasteiger partial charge in [0.25, 0.3) is 0 Å². The van der Waals surface area contributed by atoms with Gasteiger partial charge in [0.05, 0.1) is 4.90 Å². The molecule has 20 heavy (non-hydrogen) atoms. The van der Waals surface area contributed by atoms with Crippen LogP contribution < -0.4 is 5.32 Å². The van der Waals surface area contributed by atoms with Crippen LogP contribution in [0.1, 0.15) is 25.0 Å². The summed E-state index contributed by atoms with van der Waals surface area (Å²) in [7, 11) is -1.89. The average Bonchev–Trinajstić information content (AvgIpc) is 2.37. The molecule has 112 valence electrons. The Morgan fingerprint density at radius 2 is 2.05 bits per heavy atom. The van der Waals surface area contributed by atoms with E-state index < -0.39 is 10.0 Å². The molecule has 0 aliphatic heterocycles. The second-order valence-electron chi connectivity index (χ2n) is 5.20. The van der Waals surface area contributed by atoms with Gasteiger partial charge in [0, 0.05) is 26.2 Å². The van der Waals surface area contributed by atoms with Crippen molar-refractivity contribution in [1.82, 2.24) is 9.62 Å². The molecule has 5 heteroatoms. The van der Waals surface area contributed by atoms with Gasteiger partial charge in [0.15, 0.2) is 0 Å². The monoisotopic (exact) mass is 296 g/mol. The van der Waals surface area contributed by atoms with Crippen molar-refractivity contribution in [3.05, 3.63) is 42.0 Å². The SMILES string of the molecule is C=CCN(C)S(=O)(=O)c1ccc(C)c(CNC(C)C)c1. The highest BCUT2D eigenvalue weighted by Crippen LogP contribution is 2.19. The Hall–Kier alpha value is -1.17. The van der Waals surface area contributed by atoms with Gasteiger partial charge in [-0.1, -0.05) is 26.0 Å². The highest BCUT2D eigenvalue weighted by Gasteiger charge is 2.20. The molecule has 1 rings (SSSR count). The minimum absolute atomic E-state index is 0.301. The normalized spacial score (nSPS) is 12.1. The molecule has 0 aromatic heterocycles. The summed E-state index contributed by atoms with van der Waals surface area (Å²) in [4.78, 5) is 0.327. The fourth-order valence-corrected chi connectivity index (χ4v) is 2.97. The van der Waals surface area contributed by atoms with Crippen molar-refractivity contribution in [1.29, 1.82) is 0 Å². The van der Waals surface area contributed by atoms with Gasteiger partial charge in [0.2, 0.25) is 10.0 Å². The van der Waals surface area contributed by atoms with E-state index in [0.29, 0.717) is 24.0 Å². The summed E-state index contributed by atoms with van der Waals surface area (Å²) in [6, 6.07) is 5.62. The van der Waals surface area contributed by atoms with Crippen LogP contribution in [0.15, 0.2) is 35.7 Å². The summed E-state index contributed by atoms with van der Waals surface area (Å²) in [6.07, 6.45) is 1.58. The molecule has 0 saturated carbocycles. The van der Waals surface area contributed by atoms with Gasteiger partial charge in [-0.25, -0.2) is 8.42 Å². The third-order valence-electron chi connectivity index (χ3n) is 3.12. The zero-order valence-electron chi connectivity index (χ0n) is 12.7. The van der Waals surface area contributed by atoms with Crippen LogP contribution in [0.25, 0.3) is 0 Å². The molecule has 1 aromatic rings. The van der Waals surface area contributed by atoms with Crippen LogP contribution in [-0.4, -0.2) is 32.4 Å². The van der Waals surface area contributed by atoms with Crippen LogP contribution in [0, 0.1) is 6.92 Å². The highest BCUT2D eigenvalue weighted by molar-refractivity contribution is 7.89. The lowest BCUT2D eigenvalue weighted by molar-refractivity contribution is 0.499. The Labute approximate surface area is 122 Å². The van der Waals surface area contributed by atoms with Gasteiger partial charge < -0.3 is 5.32 Å². The number of likely N-dealkylation sites (N-methyl/N-ethyl adjacent to an activating group) is 1. The smallest absolute Gasteiger partial charge is 0.243 e. The minimum Gasteiger partial charge on any atom is -0.310 e. The number of nitrogens with zero attached hydrogens (tertiary/aromatic N) is 1. The highest BCUT2D eigenvalue weighted by atomic mass is 32.2. The van der Waals surface area contributed by atoms with Crippen molar-refractivity contribution < 1.29 is 8.42 Å². The van der Waals surface area contributed by atoms with Crippen molar-refractivity contribution in [3.63, 3.8) is 0 Å². The van der Waals surface area contributed by atoms with Gasteiger partial charge in [-0.3, -0.25) is 0 Å². The Bertz CT molecular complexity index is 565. The molecule has 0 aliphatic rings. The molecule has 4 nitrogen and oxygen atoms in total. The average molecular weight is 296 g/mol. The van der Waals surface area contributed by atoms with Gasteiger partial charge in [-0.05, 0) is 30.2 Å². The van der Waals surface area contributed by atoms with Crippen LogP contribution in [0.2, 0.25) is 0 Å². The van der Waals surface area contributed by atoms with E-state index in [1.165, 1.54) is 4.31 Å². The van der Waals surface area contributed by atoms with E-state index >= 15 is 0 Å². The van der Waals surface area contributed by atoms with E-state index in [1.807, 2.05) is 13.0 Å². The summed E-state index contributed by atoms with van der Waals surface area (Å²) >= 11 is 0. The number of aryl methyl sites for hydroxylation is 1. The van der Waals surface area contributed by atoms with E-state index in [4.69, 9.17) is 0 Å². The second-order valence-corrected chi connectivity index (χ2v) is 7.24. The third kappa shape index (κ3) is 4.16. The molecule has 0 aliphatic carbocycles. The maximum Gasteiger partial charge on any atom is 0.243 e. The van der Waals surface area contributed by atoms with E-state index in [0.717, 1.165) is 11.1 Å². The van der Waals surface area contributed by atoms with Crippen LogP contribution in [0.3, 0.4) is 0 Å². The van der Waals surface area contributed by atoms with E-state index in [1.54, 1.807) is 25.3 Å². The zero-order chi connectivity index (χ0) is 15.3.